The second-order valence-corrected chi connectivity index (χ2v) is 3.16. The number of nitrogens with zero attached hydrogens (tertiary/aromatic N) is 4. The van der Waals surface area contributed by atoms with Crippen LogP contribution in [0.2, 0.25) is 0 Å². The monoisotopic (exact) mass is 203 g/mol. The zero-order valence-corrected chi connectivity index (χ0v) is 8.37. The van der Waals surface area contributed by atoms with Gasteiger partial charge in [-0.05, 0) is 24.6 Å². The van der Waals surface area contributed by atoms with E-state index in [2.05, 4.69) is 20.6 Å². The average Bonchev–Trinajstić information content (AvgIpc) is 2.79. The Morgan fingerprint density at radius 1 is 1.27 bits per heavy atom. The van der Waals surface area contributed by atoms with E-state index >= 15 is 0 Å². The molecule has 1 N–H and O–H groups in total. The van der Waals surface area contributed by atoms with E-state index in [9.17, 15) is 0 Å². The predicted molar refractivity (Wildman–Crippen MR) is 57.4 cm³/mol. The SMILES string of the molecule is c1cnnc(NCCCn2cccn2)c1. The van der Waals surface area contributed by atoms with Gasteiger partial charge in [0.1, 0.15) is 5.82 Å². The number of anilines is 1. The number of aryl methyl sites for hydroxylation is 1. The van der Waals surface area contributed by atoms with Crippen LogP contribution in [0.1, 0.15) is 6.42 Å². The first-order valence-electron chi connectivity index (χ1n) is 4.94. The molecule has 2 aromatic rings. The molecule has 0 unspecified atom stereocenters. The van der Waals surface area contributed by atoms with Gasteiger partial charge in [0.15, 0.2) is 0 Å². The summed E-state index contributed by atoms with van der Waals surface area (Å²) in [6.07, 6.45) is 6.42. The molecule has 0 aliphatic carbocycles. The summed E-state index contributed by atoms with van der Waals surface area (Å²) in [5.74, 6) is 0.818. The molecule has 0 aromatic carbocycles. The Bertz CT molecular complexity index is 370. The Morgan fingerprint density at radius 3 is 3.00 bits per heavy atom. The van der Waals surface area contributed by atoms with E-state index in [0.29, 0.717) is 0 Å². The van der Waals surface area contributed by atoms with Crippen molar-refractivity contribution in [1.29, 1.82) is 0 Å². The van der Waals surface area contributed by atoms with Gasteiger partial charge in [0.25, 0.3) is 0 Å². The number of hydrogen-bond donors (Lipinski definition) is 1. The number of nitrogens with one attached hydrogen (secondary N) is 1. The van der Waals surface area contributed by atoms with Crippen LogP contribution in [0.3, 0.4) is 0 Å². The number of aromatic nitrogens is 4. The van der Waals surface area contributed by atoms with Gasteiger partial charge in [-0.15, -0.1) is 5.10 Å². The maximum Gasteiger partial charge on any atom is 0.148 e. The third kappa shape index (κ3) is 3.05. The van der Waals surface area contributed by atoms with Crippen LogP contribution in [0.4, 0.5) is 5.82 Å². The minimum atomic E-state index is 0.818. The third-order valence-electron chi connectivity index (χ3n) is 2.00. The highest BCUT2D eigenvalue weighted by Crippen LogP contribution is 1.98. The molecule has 5 heteroatoms. The van der Waals surface area contributed by atoms with Gasteiger partial charge in [-0.1, -0.05) is 0 Å². The second-order valence-electron chi connectivity index (χ2n) is 3.16. The summed E-state index contributed by atoms with van der Waals surface area (Å²) >= 11 is 0. The molecule has 0 saturated carbocycles. The summed E-state index contributed by atoms with van der Waals surface area (Å²) in [7, 11) is 0. The topological polar surface area (TPSA) is 55.6 Å². The third-order valence-corrected chi connectivity index (χ3v) is 2.00. The number of hydrogen-bond acceptors (Lipinski definition) is 4. The van der Waals surface area contributed by atoms with Crippen LogP contribution >= 0.6 is 0 Å². The molecule has 0 spiro atoms. The summed E-state index contributed by atoms with van der Waals surface area (Å²) in [5.41, 5.74) is 0. The minimum Gasteiger partial charge on any atom is -0.369 e. The molecule has 78 valence electrons. The first-order valence-corrected chi connectivity index (χ1v) is 4.94. The predicted octanol–water partition coefficient (Wildman–Crippen LogP) is 1.18. The Morgan fingerprint density at radius 2 is 2.27 bits per heavy atom. The molecular weight excluding hydrogens is 190 g/mol. The molecule has 0 atom stereocenters. The second kappa shape index (κ2) is 5.09. The van der Waals surface area contributed by atoms with Crippen molar-refractivity contribution in [2.24, 2.45) is 0 Å². The smallest absolute Gasteiger partial charge is 0.148 e. The van der Waals surface area contributed by atoms with Crippen LogP contribution in [0, 0.1) is 0 Å². The van der Waals surface area contributed by atoms with Crippen molar-refractivity contribution in [1.82, 2.24) is 20.0 Å². The molecule has 2 heterocycles. The fraction of sp³-hybridized carbons (Fsp3) is 0.300. The van der Waals surface area contributed by atoms with Crippen molar-refractivity contribution >= 4 is 5.82 Å². The van der Waals surface area contributed by atoms with Crippen molar-refractivity contribution in [2.75, 3.05) is 11.9 Å². The maximum atomic E-state index is 4.12. The molecule has 0 fully saturated rings. The van der Waals surface area contributed by atoms with Gasteiger partial charge in [0.2, 0.25) is 0 Å². The average molecular weight is 203 g/mol. The van der Waals surface area contributed by atoms with Gasteiger partial charge in [-0.25, -0.2) is 0 Å². The lowest BCUT2D eigenvalue weighted by atomic mass is 10.4. The fourth-order valence-corrected chi connectivity index (χ4v) is 1.29. The molecular formula is C10H13N5. The van der Waals surface area contributed by atoms with Gasteiger partial charge in [0.05, 0.1) is 0 Å². The molecule has 0 aliphatic rings. The molecule has 0 radical (unpaired) electrons. The highest BCUT2D eigenvalue weighted by atomic mass is 15.3. The molecule has 2 rings (SSSR count). The largest absolute Gasteiger partial charge is 0.369 e. The summed E-state index contributed by atoms with van der Waals surface area (Å²) in [6, 6.07) is 5.69. The molecule has 15 heavy (non-hydrogen) atoms. The van der Waals surface area contributed by atoms with Crippen LogP contribution in [0.25, 0.3) is 0 Å². The number of rotatable bonds is 5. The Hall–Kier alpha value is -1.91. The molecule has 0 amide bonds. The molecule has 5 nitrogen and oxygen atoms in total. The van der Waals surface area contributed by atoms with E-state index < -0.39 is 0 Å². The van der Waals surface area contributed by atoms with E-state index in [0.717, 1.165) is 25.3 Å². The van der Waals surface area contributed by atoms with E-state index in [4.69, 9.17) is 0 Å². The Balaban J connectivity index is 1.68. The Labute approximate surface area is 88.1 Å². The Kier molecular flexibility index (Phi) is 3.27. The molecule has 0 saturated heterocycles. The van der Waals surface area contributed by atoms with Crippen molar-refractivity contribution in [3.05, 3.63) is 36.8 Å². The van der Waals surface area contributed by atoms with E-state index in [-0.39, 0.29) is 0 Å². The van der Waals surface area contributed by atoms with Crippen LogP contribution in [0.15, 0.2) is 36.8 Å². The lowest BCUT2D eigenvalue weighted by molar-refractivity contribution is 0.591. The van der Waals surface area contributed by atoms with Crippen LogP contribution in [-0.2, 0) is 6.54 Å². The van der Waals surface area contributed by atoms with Gasteiger partial charge in [0, 0.05) is 31.7 Å². The zero-order valence-electron chi connectivity index (χ0n) is 8.37. The van der Waals surface area contributed by atoms with E-state index in [1.54, 1.807) is 12.4 Å². The van der Waals surface area contributed by atoms with E-state index in [1.165, 1.54) is 0 Å². The van der Waals surface area contributed by atoms with Gasteiger partial charge in [-0.3, -0.25) is 4.68 Å². The summed E-state index contributed by atoms with van der Waals surface area (Å²) in [6.45, 7) is 1.79. The highest BCUT2D eigenvalue weighted by Gasteiger charge is 1.93. The van der Waals surface area contributed by atoms with Gasteiger partial charge >= 0.3 is 0 Å². The summed E-state index contributed by atoms with van der Waals surface area (Å²) in [4.78, 5) is 0. The fourth-order valence-electron chi connectivity index (χ4n) is 1.29. The summed E-state index contributed by atoms with van der Waals surface area (Å²) in [5, 5.41) is 15.0. The van der Waals surface area contributed by atoms with E-state index in [1.807, 2.05) is 29.1 Å². The lowest BCUT2D eigenvalue weighted by Crippen LogP contribution is -2.08. The van der Waals surface area contributed by atoms with Gasteiger partial charge < -0.3 is 5.32 Å². The standard InChI is InChI=1S/C10H13N5/c1-4-10(14-12-6-1)11-5-2-8-15-9-3-7-13-15/h1,3-4,6-7,9H,2,5,8H2,(H,11,14). The van der Waals surface area contributed by atoms with Crippen LogP contribution in [0.5, 0.6) is 0 Å². The van der Waals surface area contributed by atoms with Crippen molar-refractivity contribution in [3.8, 4) is 0 Å². The van der Waals surface area contributed by atoms with Crippen molar-refractivity contribution < 1.29 is 0 Å². The molecule has 2 aromatic heterocycles. The maximum absolute atomic E-state index is 4.12. The quantitative estimate of drug-likeness (QED) is 0.741. The normalized spacial score (nSPS) is 10.1. The van der Waals surface area contributed by atoms with Crippen molar-refractivity contribution in [3.63, 3.8) is 0 Å². The van der Waals surface area contributed by atoms with Crippen LogP contribution in [-0.4, -0.2) is 26.5 Å². The first kappa shape index (κ1) is 9.64. The van der Waals surface area contributed by atoms with Crippen molar-refractivity contribution in [2.45, 2.75) is 13.0 Å². The van der Waals surface area contributed by atoms with Gasteiger partial charge in [-0.2, -0.15) is 10.2 Å². The summed E-state index contributed by atoms with van der Waals surface area (Å²) < 4.78 is 1.92. The highest BCUT2D eigenvalue weighted by molar-refractivity contribution is 5.30. The van der Waals surface area contributed by atoms with Crippen LogP contribution < -0.4 is 5.32 Å². The lowest BCUT2D eigenvalue weighted by Gasteiger charge is -2.04. The molecule has 0 aliphatic heterocycles. The minimum absolute atomic E-state index is 0.818. The zero-order chi connectivity index (χ0) is 10.3. The molecule has 0 bridgehead atoms. The first-order chi connectivity index (χ1) is 7.45.